The van der Waals surface area contributed by atoms with E-state index in [9.17, 15) is 20.0 Å². The first-order valence-corrected chi connectivity index (χ1v) is 11.4. The number of rotatable bonds is 11. The van der Waals surface area contributed by atoms with Gasteiger partial charge in [0.2, 0.25) is 0 Å². The van der Waals surface area contributed by atoms with Crippen molar-refractivity contribution in [3.8, 4) is 5.75 Å². The normalized spacial score (nSPS) is 12.0. The van der Waals surface area contributed by atoms with Crippen molar-refractivity contribution in [2.45, 2.75) is 12.8 Å². The minimum atomic E-state index is -1.17. The second-order valence-corrected chi connectivity index (χ2v) is 8.11. The van der Waals surface area contributed by atoms with Gasteiger partial charge >= 0.3 is 0 Å². The number of carbonyl (C=O) groups excluding carboxylic acids is 1. The molecule has 1 atom stereocenters. The number of anilines is 1. The Morgan fingerprint density at radius 3 is 2.58 bits per heavy atom. The van der Waals surface area contributed by atoms with E-state index < -0.39 is 17.1 Å². The summed E-state index contributed by atoms with van der Waals surface area (Å²) in [5.41, 5.74) is 2.14. The Morgan fingerprint density at radius 2 is 1.94 bits per heavy atom. The van der Waals surface area contributed by atoms with Crippen molar-refractivity contribution in [1.29, 1.82) is 0 Å². The molecule has 0 aliphatic heterocycles. The monoisotopic (exact) mass is 507 g/mol. The lowest BCUT2D eigenvalue weighted by atomic mass is 10.0. The Morgan fingerprint density at radius 1 is 1.19 bits per heavy atom. The fraction of sp³-hybridized carbons (Fsp3) is 0.148. The number of hydrogen-bond donors (Lipinski definition) is 2. The number of nitro groups is 1. The Kier molecular flexibility index (Phi) is 9.35. The topological polar surface area (TPSA) is 105 Å². The highest BCUT2D eigenvalue weighted by atomic mass is 35.5. The molecule has 186 valence electrons. The van der Waals surface area contributed by atoms with Crippen molar-refractivity contribution in [3.63, 3.8) is 0 Å². The molecule has 3 aromatic rings. The van der Waals surface area contributed by atoms with Gasteiger partial charge in [-0.3, -0.25) is 20.2 Å². The van der Waals surface area contributed by atoms with E-state index in [-0.39, 0.29) is 12.2 Å². The quantitative estimate of drug-likeness (QED) is 0.164. The van der Waals surface area contributed by atoms with Gasteiger partial charge < -0.3 is 14.7 Å². The molecule has 3 rings (SSSR count). The summed E-state index contributed by atoms with van der Waals surface area (Å²) < 4.78 is 5.18. The Hall–Kier alpha value is -3.98. The lowest BCUT2D eigenvalue weighted by molar-refractivity contribution is -0.384. The van der Waals surface area contributed by atoms with Gasteiger partial charge in [-0.05, 0) is 35.4 Å². The number of aliphatic hydroxyl groups is 1. The molecule has 0 bridgehead atoms. The number of methoxy groups -OCH3 is 1. The molecule has 1 amide bonds. The summed E-state index contributed by atoms with van der Waals surface area (Å²) in [7, 11) is 1.49. The number of nitrogens with one attached hydrogen (secondary N) is 1. The van der Waals surface area contributed by atoms with E-state index in [1.54, 1.807) is 36.4 Å². The molecule has 0 saturated heterocycles. The molecule has 1 unspecified atom stereocenters. The van der Waals surface area contributed by atoms with Gasteiger partial charge in [0.25, 0.3) is 11.6 Å². The molecule has 0 aliphatic rings. The number of aliphatic hydroxyl groups excluding tert-OH is 1. The summed E-state index contributed by atoms with van der Waals surface area (Å²) in [5, 5.41) is 25.7. The molecule has 0 heterocycles. The molecule has 0 aromatic heterocycles. The second kappa shape index (κ2) is 12.6. The van der Waals surface area contributed by atoms with E-state index in [0.717, 1.165) is 5.56 Å². The Balaban J connectivity index is 1.97. The highest BCUT2D eigenvalue weighted by Gasteiger charge is 2.19. The van der Waals surface area contributed by atoms with Crippen LogP contribution in [0.4, 0.5) is 11.4 Å². The number of benzene rings is 3. The number of amides is 1. The lowest BCUT2D eigenvalue weighted by Crippen LogP contribution is -2.32. The average Bonchev–Trinajstić information content (AvgIpc) is 2.90. The van der Waals surface area contributed by atoms with Gasteiger partial charge in [0.1, 0.15) is 12.0 Å². The van der Waals surface area contributed by atoms with Gasteiger partial charge in [-0.2, -0.15) is 0 Å². The van der Waals surface area contributed by atoms with Crippen LogP contribution in [0, 0.1) is 10.1 Å². The zero-order valence-corrected chi connectivity index (χ0v) is 20.4. The van der Waals surface area contributed by atoms with Crippen LogP contribution < -0.4 is 15.0 Å². The first-order chi connectivity index (χ1) is 17.3. The maximum atomic E-state index is 12.7. The van der Waals surface area contributed by atoms with E-state index in [4.69, 9.17) is 16.3 Å². The SMILES string of the molecule is C=CC(=O)N(CC=C(c1cccc([N+](=O)[O-])c1)C(O)NCc1ccccc1)c1ccc(OC)c(Cl)c1. The first kappa shape index (κ1) is 26.6. The van der Waals surface area contributed by atoms with Crippen LogP contribution in [0.3, 0.4) is 0 Å². The average molecular weight is 508 g/mol. The van der Waals surface area contributed by atoms with Crippen LogP contribution in [0.25, 0.3) is 5.57 Å². The summed E-state index contributed by atoms with van der Waals surface area (Å²) in [5.74, 6) is 0.0670. The van der Waals surface area contributed by atoms with Gasteiger partial charge in [0.05, 0.1) is 17.1 Å². The first-order valence-electron chi connectivity index (χ1n) is 11.0. The lowest BCUT2D eigenvalue weighted by Gasteiger charge is -2.23. The molecule has 9 heteroatoms. The molecular weight excluding hydrogens is 482 g/mol. The van der Waals surface area contributed by atoms with Gasteiger partial charge in [-0.25, -0.2) is 0 Å². The maximum Gasteiger partial charge on any atom is 0.270 e. The number of nitrogens with zero attached hydrogens (tertiary/aromatic N) is 2. The number of carbonyl (C=O) groups is 1. The fourth-order valence-electron chi connectivity index (χ4n) is 3.55. The van der Waals surface area contributed by atoms with Crippen molar-refractivity contribution in [2.75, 3.05) is 18.6 Å². The predicted molar refractivity (Wildman–Crippen MR) is 141 cm³/mol. The number of halogens is 1. The van der Waals surface area contributed by atoms with Gasteiger partial charge in [0, 0.05) is 36.5 Å². The zero-order valence-electron chi connectivity index (χ0n) is 19.6. The molecule has 0 fully saturated rings. The molecule has 2 N–H and O–H groups in total. The fourth-order valence-corrected chi connectivity index (χ4v) is 3.80. The van der Waals surface area contributed by atoms with Crippen molar-refractivity contribution in [2.24, 2.45) is 0 Å². The van der Waals surface area contributed by atoms with Crippen LogP contribution in [-0.4, -0.2) is 35.8 Å². The zero-order chi connectivity index (χ0) is 26.1. The van der Waals surface area contributed by atoms with Crippen LogP contribution in [0.15, 0.2) is 91.5 Å². The van der Waals surface area contributed by atoms with E-state index in [0.29, 0.717) is 34.1 Å². The third-order valence-electron chi connectivity index (χ3n) is 5.41. The van der Waals surface area contributed by atoms with E-state index in [1.165, 1.54) is 30.2 Å². The number of ether oxygens (including phenoxy) is 1. The number of hydrogen-bond acceptors (Lipinski definition) is 6. The van der Waals surface area contributed by atoms with Gasteiger partial charge in [-0.15, -0.1) is 0 Å². The van der Waals surface area contributed by atoms with E-state index in [2.05, 4.69) is 11.9 Å². The Bertz CT molecular complexity index is 1260. The van der Waals surface area contributed by atoms with Crippen LogP contribution in [0.2, 0.25) is 5.02 Å². The maximum absolute atomic E-state index is 12.7. The summed E-state index contributed by atoms with van der Waals surface area (Å²) >= 11 is 6.26. The largest absolute Gasteiger partial charge is 0.495 e. The summed E-state index contributed by atoms with van der Waals surface area (Å²) in [6.07, 6.45) is 1.64. The summed E-state index contributed by atoms with van der Waals surface area (Å²) in [4.78, 5) is 24.9. The molecular formula is C27H26ClN3O5. The second-order valence-electron chi connectivity index (χ2n) is 7.71. The Labute approximate surface area is 214 Å². The van der Waals surface area contributed by atoms with Crippen LogP contribution in [0.5, 0.6) is 5.75 Å². The van der Waals surface area contributed by atoms with Crippen LogP contribution in [0.1, 0.15) is 11.1 Å². The molecule has 8 nitrogen and oxygen atoms in total. The van der Waals surface area contributed by atoms with Crippen molar-refractivity contribution >= 4 is 34.5 Å². The predicted octanol–water partition coefficient (Wildman–Crippen LogP) is 4.97. The molecule has 0 spiro atoms. The van der Waals surface area contributed by atoms with E-state index >= 15 is 0 Å². The highest BCUT2D eigenvalue weighted by molar-refractivity contribution is 6.32. The van der Waals surface area contributed by atoms with Crippen molar-refractivity contribution in [1.82, 2.24) is 5.32 Å². The minimum absolute atomic E-state index is 0.0373. The molecule has 0 radical (unpaired) electrons. The standard InChI is InChI=1S/C27H26ClN3O5/c1-3-26(32)30(21-12-13-25(36-2)24(28)17-21)15-14-23(20-10-7-11-22(16-20)31(34)35)27(33)29-18-19-8-5-4-6-9-19/h3-14,16-17,27,29,33H,1,15,18H2,2H3. The molecule has 3 aromatic carbocycles. The minimum Gasteiger partial charge on any atom is -0.495 e. The number of nitro benzene ring substituents is 1. The molecule has 0 aliphatic carbocycles. The summed E-state index contributed by atoms with van der Waals surface area (Å²) in [6, 6.07) is 20.4. The third kappa shape index (κ3) is 6.79. The number of non-ortho nitro benzene ring substituents is 1. The van der Waals surface area contributed by atoms with Crippen LogP contribution >= 0.6 is 11.6 Å². The molecule has 36 heavy (non-hydrogen) atoms. The van der Waals surface area contributed by atoms with Crippen LogP contribution in [-0.2, 0) is 11.3 Å². The van der Waals surface area contributed by atoms with Crippen molar-refractivity contribution in [3.05, 3.63) is 118 Å². The smallest absolute Gasteiger partial charge is 0.270 e. The molecule has 0 saturated carbocycles. The summed E-state index contributed by atoms with van der Waals surface area (Å²) in [6.45, 7) is 3.97. The van der Waals surface area contributed by atoms with Crippen molar-refractivity contribution < 1.29 is 19.6 Å². The third-order valence-corrected chi connectivity index (χ3v) is 5.70. The van der Waals surface area contributed by atoms with Gasteiger partial charge in [0.15, 0.2) is 0 Å². The van der Waals surface area contributed by atoms with Gasteiger partial charge in [-0.1, -0.05) is 66.7 Å². The highest BCUT2D eigenvalue weighted by Crippen LogP contribution is 2.30. The van der Waals surface area contributed by atoms with E-state index in [1.807, 2.05) is 30.3 Å².